The van der Waals surface area contributed by atoms with Crippen molar-refractivity contribution in [1.82, 2.24) is 4.90 Å². The van der Waals surface area contributed by atoms with E-state index in [9.17, 15) is 4.79 Å². The van der Waals surface area contributed by atoms with Crippen molar-refractivity contribution in [3.63, 3.8) is 0 Å². The third-order valence-electron chi connectivity index (χ3n) is 1.57. The van der Waals surface area contributed by atoms with E-state index in [1.807, 2.05) is 0 Å². The fraction of sp³-hybridized carbons (Fsp3) is 0.444. The highest BCUT2D eigenvalue weighted by Crippen LogP contribution is 1.97. The molecule has 0 aliphatic carbocycles. The Morgan fingerprint density at radius 1 is 1.50 bits per heavy atom. The molecule has 2 N–H and O–H groups in total. The molecule has 0 rings (SSSR count). The van der Waals surface area contributed by atoms with Crippen LogP contribution in [0.15, 0.2) is 12.7 Å². The number of rotatable bonds is 5. The molecular formula is C9H12N4O. The van der Waals surface area contributed by atoms with E-state index >= 15 is 0 Å². The van der Waals surface area contributed by atoms with Crippen LogP contribution in [0.2, 0.25) is 0 Å². The molecule has 74 valence electrons. The summed E-state index contributed by atoms with van der Waals surface area (Å²) in [6.07, 6.45) is 1.87. The van der Waals surface area contributed by atoms with Crippen LogP contribution in [0.1, 0.15) is 6.42 Å². The minimum Gasteiger partial charge on any atom is -0.320 e. The quantitative estimate of drug-likeness (QED) is 0.480. The maximum Gasteiger partial charge on any atom is 0.241 e. The van der Waals surface area contributed by atoms with E-state index in [1.165, 1.54) is 6.08 Å². The largest absolute Gasteiger partial charge is 0.320 e. The second-order valence-electron chi connectivity index (χ2n) is 2.64. The van der Waals surface area contributed by atoms with E-state index in [1.54, 1.807) is 12.1 Å². The number of hydrogen-bond donors (Lipinski definition) is 1. The van der Waals surface area contributed by atoms with Crippen LogP contribution >= 0.6 is 0 Å². The molecule has 0 saturated heterocycles. The maximum atomic E-state index is 11.5. The van der Waals surface area contributed by atoms with E-state index in [2.05, 4.69) is 6.58 Å². The van der Waals surface area contributed by atoms with Gasteiger partial charge in [-0.15, -0.1) is 6.58 Å². The molecular weight excluding hydrogens is 180 g/mol. The summed E-state index contributed by atoms with van der Waals surface area (Å²) in [5.74, 6) is -0.395. The van der Waals surface area contributed by atoms with Crippen molar-refractivity contribution in [2.24, 2.45) is 5.73 Å². The van der Waals surface area contributed by atoms with Crippen LogP contribution in [0.3, 0.4) is 0 Å². The number of carbonyl (C=O) groups excluding carboxylic acids is 1. The summed E-state index contributed by atoms with van der Waals surface area (Å²) in [6, 6.07) is 2.89. The van der Waals surface area contributed by atoms with Crippen molar-refractivity contribution in [1.29, 1.82) is 10.5 Å². The minimum atomic E-state index is -0.714. The zero-order chi connectivity index (χ0) is 11.0. The van der Waals surface area contributed by atoms with Gasteiger partial charge in [-0.1, -0.05) is 6.08 Å². The van der Waals surface area contributed by atoms with Crippen LogP contribution in [0.4, 0.5) is 0 Å². The molecule has 5 heteroatoms. The molecule has 1 unspecified atom stereocenters. The van der Waals surface area contributed by atoms with Crippen molar-refractivity contribution < 1.29 is 4.79 Å². The van der Waals surface area contributed by atoms with Gasteiger partial charge in [0.25, 0.3) is 0 Å². The molecule has 0 saturated carbocycles. The Morgan fingerprint density at radius 3 is 2.36 bits per heavy atom. The highest BCUT2D eigenvalue weighted by atomic mass is 16.2. The Morgan fingerprint density at radius 2 is 2.00 bits per heavy atom. The Labute approximate surface area is 83.0 Å². The first-order chi connectivity index (χ1) is 6.67. The molecule has 0 aromatic rings. The van der Waals surface area contributed by atoms with Crippen molar-refractivity contribution in [3.8, 4) is 12.1 Å². The number of nitriles is 2. The fourth-order valence-corrected chi connectivity index (χ4v) is 0.897. The van der Waals surface area contributed by atoms with Gasteiger partial charge in [0.2, 0.25) is 5.91 Å². The van der Waals surface area contributed by atoms with Crippen LogP contribution in [0, 0.1) is 22.7 Å². The van der Waals surface area contributed by atoms with Crippen molar-refractivity contribution in [3.05, 3.63) is 12.7 Å². The van der Waals surface area contributed by atoms with Gasteiger partial charge in [0.05, 0.1) is 18.2 Å². The summed E-state index contributed by atoms with van der Waals surface area (Å²) in [6.45, 7) is 3.23. The van der Waals surface area contributed by atoms with Crippen LogP contribution in [0.5, 0.6) is 0 Å². The lowest BCUT2D eigenvalue weighted by molar-refractivity contribution is -0.131. The number of hydrogen-bond acceptors (Lipinski definition) is 4. The lowest BCUT2D eigenvalue weighted by Crippen LogP contribution is -2.43. The number of nitrogens with zero attached hydrogens (tertiary/aromatic N) is 3. The molecule has 0 radical (unpaired) electrons. The second kappa shape index (κ2) is 6.64. The van der Waals surface area contributed by atoms with Gasteiger partial charge in [-0.3, -0.25) is 4.79 Å². The monoisotopic (exact) mass is 192 g/mol. The highest BCUT2D eigenvalue weighted by molar-refractivity contribution is 5.82. The summed E-state index contributed by atoms with van der Waals surface area (Å²) < 4.78 is 0. The molecule has 5 nitrogen and oxygen atoms in total. The van der Waals surface area contributed by atoms with Gasteiger partial charge in [0.1, 0.15) is 13.1 Å². The Kier molecular flexibility index (Phi) is 5.77. The van der Waals surface area contributed by atoms with Gasteiger partial charge in [-0.25, -0.2) is 0 Å². The highest BCUT2D eigenvalue weighted by Gasteiger charge is 2.18. The summed E-state index contributed by atoms with van der Waals surface area (Å²) >= 11 is 0. The van der Waals surface area contributed by atoms with Crippen molar-refractivity contribution in [2.45, 2.75) is 12.5 Å². The molecule has 1 amide bonds. The average molecular weight is 192 g/mol. The first kappa shape index (κ1) is 12.2. The van der Waals surface area contributed by atoms with Crippen LogP contribution in [-0.4, -0.2) is 29.9 Å². The van der Waals surface area contributed by atoms with Gasteiger partial charge in [-0.2, -0.15) is 10.5 Å². The van der Waals surface area contributed by atoms with Gasteiger partial charge < -0.3 is 10.6 Å². The van der Waals surface area contributed by atoms with Crippen LogP contribution in [0.25, 0.3) is 0 Å². The van der Waals surface area contributed by atoms with Crippen molar-refractivity contribution >= 4 is 5.91 Å². The zero-order valence-electron chi connectivity index (χ0n) is 7.81. The average Bonchev–Trinajstić information content (AvgIpc) is 2.17. The Balaban J connectivity index is 4.36. The Bertz CT molecular complexity index is 270. The predicted octanol–water partition coefficient (Wildman–Crippen LogP) is -0.234. The molecule has 14 heavy (non-hydrogen) atoms. The number of carbonyl (C=O) groups is 1. The molecule has 0 aromatic heterocycles. The van der Waals surface area contributed by atoms with Crippen molar-refractivity contribution in [2.75, 3.05) is 13.1 Å². The summed E-state index contributed by atoms with van der Waals surface area (Å²) in [5.41, 5.74) is 5.51. The van der Waals surface area contributed by atoms with Gasteiger partial charge in [0.15, 0.2) is 0 Å². The molecule has 1 atom stereocenters. The van der Waals surface area contributed by atoms with E-state index < -0.39 is 11.9 Å². The molecule has 0 aliphatic heterocycles. The fourth-order valence-electron chi connectivity index (χ4n) is 0.897. The number of amides is 1. The summed E-state index contributed by atoms with van der Waals surface area (Å²) in [4.78, 5) is 12.6. The van der Waals surface area contributed by atoms with E-state index in [4.69, 9.17) is 16.3 Å². The maximum absolute atomic E-state index is 11.5. The summed E-state index contributed by atoms with van der Waals surface area (Å²) in [7, 11) is 0. The first-order valence-corrected chi connectivity index (χ1v) is 4.06. The number of nitrogens with two attached hydrogens (primary N) is 1. The van der Waals surface area contributed by atoms with Gasteiger partial charge >= 0.3 is 0 Å². The molecule has 0 spiro atoms. The summed E-state index contributed by atoms with van der Waals surface area (Å²) in [5, 5.41) is 16.8. The van der Waals surface area contributed by atoms with Crippen LogP contribution in [-0.2, 0) is 4.79 Å². The van der Waals surface area contributed by atoms with Gasteiger partial charge in [-0.05, 0) is 6.42 Å². The predicted molar refractivity (Wildman–Crippen MR) is 50.6 cm³/mol. The third kappa shape index (κ3) is 3.70. The zero-order valence-corrected chi connectivity index (χ0v) is 7.81. The Hall–Kier alpha value is -1.85. The topological polar surface area (TPSA) is 93.9 Å². The SMILES string of the molecule is C=CCC(N)C(=O)N(CC#N)CC#N. The normalized spacial score (nSPS) is 10.8. The standard InChI is InChI=1S/C9H12N4O/c1-2-3-8(12)9(14)13(6-4-10)7-5-11/h2,8H,1,3,6-7,12H2. The molecule has 0 fully saturated rings. The lowest BCUT2D eigenvalue weighted by Gasteiger charge is -2.19. The van der Waals surface area contributed by atoms with Gasteiger partial charge in [0, 0.05) is 0 Å². The van der Waals surface area contributed by atoms with E-state index in [0.29, 0.717) is 6.42 Å². The molecule has 0 bridgehead atoms. The lowest BCUT2D eigenvalue weighted by atomic mass is 10.2. The van der Waals surface area contributed by atoms with E-state index in [-0.39, 0.29) is 13.1 Å². The third-order valence-corrected chi connectivity index (χ3v) is 1.57. The van der Waals surface area contributed by atoms with Crippen LogP contribution < -0.4 is 5.73 Å². The van der Waals surface area contributed by atoms with E-state index in [0.717, 1.165) is 4.90 Å². The molecule has 0 aliphatic rings. The first-order valence-electron chi connectivity index (χ1n) is 4.06. The smallest absolute Gasteiger partial charge is 0.241 e. The minimum absolute atomic E-state index is 0.114. The molecule has 0 aromatic carbocycles. The second-order valence-corrected chi connectivity index (χ2v) is 2.64. The molecule has 0 heterocycles.